The van der Waals surface area contributed by atoms with Crippen molar-refractivity contribution in [2.24, 2.45) is 0 Å². The van der Waals surface area contributed by atoms with Gasteiger partial charge in [-0.15, -0.1) is 0 Å². The minimum atomic E-state index is -0.483. The summed E-state index contributed by atoms with van der Waals surface area (Å²) in [6.07, 6.45) is 3.91. The third kappa shape index (κ3) is 2.73. The first kappa shape index (κ1) is 15.0. The van der Waals surface area contributed by atoms with Crippen LogP contribution in [0.4, 0.5) is 11.4 Å². The highest BCUT2D eigenvalue weighted by Gasteiger charge is 2.34. The van der Waals surface area contributed by atoms with Gasteiger partial charge in [-0.3, -0.25) is 9.59 Å². The van der Waals surface area contributed by atoms with E-state index < -0.39 is 5.54 Å². The Morgan fingerprint density at radius 2 is 2.14 bits per heavy atom. The van der Waals surface area contributed by atoms with Crippen molar-refractivity contribution in [2.75, 3.05) is 23.3 Å². The number of hydrogen-bond donors (Lipinski definition) is 2. The average molecular weight is 301 g/mol. The van der Waals surface area contributed by atoms with Gasteiger partial charge < -0.3 is 15.5 Å². The van der Waals surface area contributed by atoms with Crippen molar-refractivity contribution in [3.63, 3.8) is 0 Å². The van der Waals surface area contributed by atoms with E-state index in [4.69, 9.17) is 0 Å². The van der Waals surface area contributed by atoms with Crippen LogP contribution in [0, 0.1) is 0 Å². The predicted octanol–water partition coefficient (Wildman–Crippen LogP) is 2.07. The summed E-state index contributed by atoms with van der Waals surface area (Å²) in [6, 6.07) is 5.79. The molecule has 0 aromatic heterocycles. The molecule has 0 bridgehead atoms. The Balaban J connectivity index is 1.74. The Bertz CT molecular complexity index is 606. The van der Waals surface area contributed by atoms with Crippen LogP contribution in [0.1, 0.15) is 38.7 Å². The Morgan fingerprint density at radius 1 is 1.32 bits per heavy atom. The van der Waals surface area contributed by atoms with Gasteiger partial charge in [0.15, 0.2) is 0 Å². The molecule has 2 aliphatic heterocycles. The molecule has 3 rings (SSSR count). The number of carbonyl (C=O) groups is 2. The zero-order valence-corrected chi connectivity index (χ0v) is 13.2. The molecule has 0 radical (unpaired) electrons. The monoisotopic (exact) mass is 301 g/mol. The van der Waals surface area contributed by atoms with Crippen molar-refractivity contribution in [3.05, 3.63) is 23.8 Å². The SMILES string of the molecule is CC(=O)N1CCc2cc(NC(=O)C3(C)CCCCN3)ccc21. The van der Waals surface area contributed by atoms with Crippen LogP contribution in [-0.4, -0.2) is 30.4 Å². The molecule has 2 heterocycles. The van der Waals surface area contributed by atoms with Crippen molar-refractivity contribution >= 4 is 23.2 Å². The number of fused-ring (bicyclic) bond motifs is 1. The molecule has 1 fully saturated rings. The minimum Gasteiger partial charge on any atom is -0.324 e. The molecule has 0 saturated carbocycles. The molecular formula is C17H23N3O2. The second kappa shape index (κ2) is 5.72. The largest absolute Gasteiger partial charge is 0.324 e. The van der Waals surface area contributed by atoms with Gasteiger partial charge in [0, 0.05) is 24.8 Å². The first-order valence-electron chi connectivity index (χ1n) is 7.97. The molecule has 5 heteroatoms. The summed E-state index contributed by atoms with van der Waals surface area (Å²) < 4.78 is 0. The number of piperidine rings is 1. The maximum atomic E-state index is 12.5. The zero-order valence-electron chi connectivity index (χ0n) is 13.2. The topological polar surface area (TPSA) is 61.4 Å². The van der Waals surface area contributed by atoms with E-state index in [0.717, 1.165) is 55.7 Å². The molecule has 1 saturated heterocycles. The van der Waals surface area contributed by atoms with Crippen molar-refractivity contribution in [1.29, 1.82) is 0 Å². The fourth-order valence-corrected chi connectivity index (χ4v) is 3.33. The van der Waals surface area contributed by atoms with E-state index in [-0.39, 0.29) is 11.8 Å². The summed E-state index contributed by atoms with van der Waals surface area (Å²) in [4.78, 5) is 25.9. The number of anilines is 2. The van der Waals surface area contributed by atoms with Gasteiger partial charge in [0.05, 0.1) is 5.54 Å². The van der Waals surface area contributed by atoms with Gasteiger partial charge >= 0.3 is 0 Å². The first-order valence-corrected chi connectivity index (χ1v) is 7.97. The van der Waals surface area contributed by atoms with Gasteiger partial charge in [-0.05, 0) is 62.9 Å². The molecule has 5 nitrogen and oxygen atoms in total. The van der Waals surface area contributed by atoms with Crippen LogP contribution in [0.3, 0.4) is 0 Å². The average Bonchev–Trinajstić information content (AvgIpc) is 2.91. The summed E-state index contributed by atoms with van der Waals surface area (Å²) in [5.41, 5.74) is 2.41. The first-order chi connectivity index (χ1) is 10.5. The molecule has 2 amide bonds. The number of nitrogens with zero attached hydrogens (tertiary/aromatic N) is 1. The van der Waals surface area contributed by atoms with Gasteiger partial charge in [-0.25, -0.2) is 0 Å². The van der Waals surface area contributed by atoms with Crippen LogP contribution in [0.25, 0.3) is 0 Å². The molecule has 1 aromatic carbocycles. The molecule has 0 spiro atoms. The van der Waals surface area contributed by atoms with Gasteiger partial charge in [-0.1, -0.05) is 0 Å². The van der Waals surface area contributed by atoms with Crippen molar-refractivity contribution in [1.82, 2.24) is 5.32 Å². The second-order valence-electron chi connectivity index (χ2n) is 6.43. The van der Waals surface area contributed by atoms with Crippen molar-refractivity contribution in [3.8, 4) is 0 Å². The van der Waals surface area contributed by atoms with E-state index in [1.807, 2.05) is 25.1 Å². The lowest BCUT2D eigenvalue weighted by molar-refractivity contribution is -0.122. The van der Waals surface area contributed by atoms with E-state index in [0.29, 0.717) is 0 Å². The lowest BCUT2D eigenvalue weighted by atomic mass is 9.90. The number of rotatable bonds is 2. The van der Waals surface area contributed by atoms with Crippen LogP contribution in [-0.2, 0) is 16.0 Å². The standard InChI is InChI=1S/C17H23N3O2/c1-12(21)20-10-7-13-11-14(5-6-15(13)20)19-16(22)17(2)8-3-4-9-18-17/h5-6,11,18H,3-4,7-10H2,1-2H3,(H,19,22). The Labute approximate surface area is 131 Å². The fraction of sp³-hybridized carbons (Fsp3) is 0.529. The van der Waals surface area contributed by atoms with E-state index in [9.17, 15) is 9.59 Å². The fourth-order valence-electron chi connectivity index (χ4n) is 3.33. The highest BCUT2D eigenvalue weighted by atomic mass is 16.2. The lowest BCUT2D eigenvalue weighted by Crippen LogP contribution is -2.54. The summed E-state index contributed by atoms with van der Waals surface area (Å²) >= 11 is 0. The van der Waals surface area contributed by atoms with Gasteiger partial charge in [-0.2, -0.15) is 0 Å². The predicted molar refractivity (Wildman–Crippen MR) is 87.1 cm³/mol. The van der Waals surface area contributed by atoms with E-state index >= 15 is 0 Å². The maximum Gasteiger partial charge on any atom is 0.244 e. The van der Waals surface area contributed by atoms with E-state index in [1.54, 1.807) is 11.8 Å². The smallest absolute Gasteiger partial charge is 0.244 e. The molecular weight excluding hydrogens is 278 g/mol. The summed E-state index contributed by atoms with van der Waals surface area (Å²) in [5, 5.41) is 6.35. The molecule has 1 unspecified atom stereocenters. The van der Waals surface area contributed by atoms with Crippen molar-refractivity contribution in [2.45, 2.75) is 45.1 Å². The van der Waals surface area contributed by atoms with Crippen LogP contribution >= 0.6 is 0 Å². The molecule has 2 N–H and O–H groups in total. The number of benzene rings is 1. The molecule has 0 aliphatic carbocycles. The molecule has 1 aromatic rings. The summed E-state index contributed by atoms with van der Waals surface area (Å²) in [6.45, 7) is 5.16. The highest BCUT2D eigenvalue weighted by molar-refractivity contribution is 5.99. The number of amides is 2. The Hall–Kier alpha value is -1.88. The third-order valence-electron chi connectivity index (χ3n) is 4.73. The quantitative estimate of drug-likeness (QED) is 0.879. The molecule has 118 valence electrons. The van der Waals surface area contributed by atoms with Crippen molar-refractivity contribution < 1.29 is 9.59 Å². The van der Waals surface area contributed by atoms with E-state index in [1.165, 1.54) is 0 Å². The lowest BCUT2D eigenvalue weighted by Gasteiger charge is -2.33. The van der Waals surface area contributed by atoms with Gasteiger partial charge in [0.25, 0.3) is 0 Å². The van der Waals surface area contributed by atoms with Gasteiger partial charge in [0.1, 0.15) is 0 Å². The second-order valence-corrected chi connectivity index (χ2v) is 6.43. The Morgan fingerprint density at radius 3 is 2.82 bits per heavy atom. The number of carbonyl (C=O) groups excluding carboxylic acids is 2. The van der Waals surface area contributed by atoms with Crippen LogP contribution in [0.15, 0.2) is 18.2 Å². The summed E-state index contributed by atoms with van der Waals surface area (Å²) in [5.74, 6) is 0.0861. The van der Waals surface area contributed by atoms with Gasteiger partial charge in [0.2, 0.25) is 11.8 Å². The normalized spacial score (nSPS) is 24.0. The minimum absolute atomic E-state index is 0.0218. The maximum absolute atomic E-state index is 12.5. The molecule has 22 heavy (non-hydrogen) atoms. The third-order valence-corrected chi connectivity index (χ3v) is 4.73. The van der Waals surface area contributed by atoms with Crippen LogP contribution in [0.5, 0.6) is 0 Å². The van der Waals surface area contributed by atoms with E-state index in [2.05, 4.69) is 10.6 Å². The van der Waals surface area contributed by atoms with Crippen LogP contribution in [0.2, 0.25) is 0 Å². The molecule has 2 aliphatic rings. The number of nitrogens with one attached hydrogen (secondary N) is 2. The molecule has 1 atom stereocenters. The zero-order chi connectivity index (χ0) is 15.7. The number of hydrogen-bond acceptors (Lipinski definition) is 3. The van der Waals surface area contributed by atoms with Crippen LogP contribution < -0.4 is 15.5 Å². The highest BCUT2D eigenvalue weighted by Crippen LogP contribution is 2.31. The Kier molecular flexibility index (Phi) is 3.91. The summed E-state index contributed by atoms with van der Waals surface area (Å²) in [7, 11) is 0.